The summed E-state index contributed by atoms with van der Waals surface area (Å²) in [6, 6.07) is 4.21. The predicted molar refractivity (Wildman–Crippen MR) is 66.7 cm³/mol. The minimum atomic E-state index is -0.101. The van der Waals surface area contributed by atoms with Gasteiger partial charge in [-0.2, -0.15) is 0 Å². The van der Waals surface area contributed by atoms with E-state index in [0.717, 1.165) is 28.9 Å². The Morgan fingerprint density at radius 2 is 2.13 bits per heavy atom. The maximum atomic E-state index is 6.02. The summed E-state index contributed by atoms with van der Waals surface area (Å²) in [5.41, 5.74) is 2.22. The lowest BCUT2D eigenvalue weighted by atomic mass is 10.1. The van der Waals surface area contributed by atoms with E-state index in [1.165, 1.54) is 5.56 Å². The van der Waals surface area contributed by atoms with Gasteiger partial charge < -0.3 is 10.1 Å². The van der Waals surface area contributed by atoms with Crippen molar-refractivity contribution in [3.8, 4) is 5.75 Å². The minimum Gasteiger partial charge on any atom is -0.484 e. The number of aryl methyl sites for hydroxylation is 1. The lowest BCUT2D eigenvalue weighted by molar-refractivity contribution is 0.107. The van der Waals surface area contributed by atoms with Crippen LogP contribution in [0.5, 0.6) is 5.75 Å². The Bertz CT molecular complexity index is 387. The molecule has 0 amide bonds. The van der Waals surface area contributed by atoms with Gasteiger partial charge in [-0.05, 0) is 54.4 Å². The van der Waals surface area contributed by atoms with Crippen molar-refractivity contribution < 1.29 is 4.74 Å². The van der Waals surface area contributed by atoms with E-state index >= 15 is 0 Å². The fraction of sp³-hybridized carbons (Fsp3) is 0.500. The average molecular weight is 270 g/mol. The Hall–Kier alpha value is -0.700. The van der Waals surface area contributed by atoms with E-state index in [4.69, 9.17) is 4.74 Å². The van der Waals surface area contributed by atoms with Crippen LogP contribution < -0.4 is 10.1 Å². The summed E-state index contributed by atoms with van der Waals surface area (Å²) >= 11 is 3.55. The first-order valence-electron chi connectivity index (χ1n) is 5.21. The van der Waals surface area contributed by atoms with Crippen molar-refractivity contribution in [2.75, 3.05) is 11.9 Å². The fourth-order valence-electron chi connectivity index (χ4n) is 1.79. The molecule has 2 nitrogen and oxygen atoms in total. The molecule has 0 atom stereocenters. The van der Waals surface area contributed by atoms with E-state index < -0.39 is 0 Å². The van der Waals surface area contributed by atoms with Crippen molar-refractivity contribution in [3.63, 3.8) is 0 Å². The number of hydrogen-bond donors (Lipinski definition) is 1. The topological polar surface area (TPSA) is 21.3 Å². The molecule has 0 fully saturated rings. The zero-order chi connectivity index (χ0) is 11.1. The first-order valence-corrected chi connectivity index (χ1v) is 6.00. The maximum absolute atomic E-state index is 6.02. The van der Waals surface area contributed by atoms with Crippen LogP contribution in [0.25, 0.3) is 0 Å². The van der Waals surface area contributed by atoms with Crippen LogP contribution in [0.15, 0.2) is 16.6 Å². The monoisotopic (exact) mass is 269 g/mol. The van der Waals surface area contributed by atoms with Crippen molar-refractivity contribution in [1.29, 1.82) is 0 Å². The van der Waals surface area contributed by atoms with E-state index in [9.17, 15) is 0 Å². The molecule has 1 aliphatic heterocycles. The molecule has 0 saturated carbocycles. The molecule has 1 heterocycles. The van der Waals surface area contributed by atoms with E-state index in [0.29, 0.717) is 0 Å². The highest BCUT2D eigenvalue weighted by atomic mass is 79.9. The third kappa shape index (κ3) is 2.28. The van der Waals surface area contributed by atoms with E-state index in [1.54, 1.807) is 0 Å². The molecule has 1 N–H and O–H groups in total. The molecule has 3 heteroatoms. The molecule has 0 unspecified atom stereocenters. The number of ether oxygens (including phenoxy) is 1. The van der Waals surface area contributed by atoms with E-state index in [-0.39, 0.29) is 5.60 Å². The van der Waals surface area contributed by atoms with Crippen LogP contribution in [0.2, 0.25) is 0 Å². The Balaban J connectivity index is 2.47. The summed E-state index contributed by atoms with van der Waals surface area (Å²) in [4.78, 5) is 0. The van der Waals surface area contributed by atoms with Crippen molar-refractivity contribution in [2.45, 2.75) is 32.8 Å². The summed E-state index contributed by atoms with van der Waals surface area (Å²) < 4.78 is 7.05. The normalized spacial score (nSPS) is 18.4. The minimum absolute atomic E-state index is 0.101. The molecule has 1 aliphatic rings. The molecule has 0 aliphatic carbocycles. The van der Waals surface area contributed by atoms with Gasteiger partial charge in [-0.15, -0.1) is 0 Å². The number of rotatable bonds is 0. The quantitative estimate of drug-likeness (QED) is 0.775. The van der Waals surface area contributed by atoms with Gasteiger partial charge in [0, 0.05) is 13.0 Å². The number of benzene rings is 1. The van der Waals surface area contributed by atoms with Gasteiger partial charge >= 0.3 is 0 Å². The second-order valence-corrected chi connectivity index (χ2v) is 5.52. The molecule has 0 saturated heterocycles. The summed E-state index contributed by atoms with van der Waals surface area (Å²) in [7, 11) is 0. The first-order chi connectivity index (χ1) is 6.98. The summed E-state index contributed by atoms with van der Waals surface area (Å²) in [5, 5.41) is 3.41. The van der Waals surface area contributed by atoms with Crippen LogP contribution in [0, 0.1) is 6.92 Å². The zero-order valence-corrected chi connectivity index (χ0v) is 10.9. The standard InChI is InChI=1S/C12H16BrNO/c1-8-6-9(13)11-10(7-8)14-5-4-12(2,3)15-11/h6-7,14H,4-5H2,1-3H3. The molecular weight excluding hydrogens is 254 g/mol. The van der Waals surface area contributed by atoms with Gasteiger partial charge in [0.15, 0.2) is 5.75 Å². The third-order valence-electron chi connectivity index (χ3n) is 2.61. The van der Waals surface area contributed by atoms with Gasteiger partial charge in [-0.25, -0.2) is 0 Å². The molecule has 82 valence electrons. The number of fused-ring (bicyclic) bond motifs is 1. The van der Waals surface area contributed by atoms with Crippen LogP contribution in [-0.4, -0.2) is 12.1 Å². The van der Waals surface area contributed by atoms with Gasteiger partial charge in [0.05, 0.1) is 10.2 Å². The molecule has 2 rings (SSSR count). The van der Waals surface area contributed by atoms with Gasteiger partial charge in [-0.3, -0.25) is 0 Å². The van der Waals surface area contributed by atoms with Gasteiger partial charge in [0.2, 0.25) is 0 Å². The number of halogens is 1. The number of hydrogen-bond acceptors (Lipinski definition) is 2. The predicted octanol–water partition coefficient (Wildman–Crippen LogP) is 3.73. The summed E-state index contributed by atoms with van der Waals surface area (Å²) in [6.45, 7) is 7.28. The molecule has 0 radical (unpaired) electrons. The largest absolute Gasteiger partial charge is 0.484 e. The van der Waals surface area contributed by atoms with Crippen LogP contribution in [0.1, 0.15) is 25.8 Å². The zero-order valence-electron chi connectivity index (χ0n) is 9.36. The molecule has 15 heavy (non-hydrogen) atoms. The summed E-state index contributed by atoms with van der Waals surface area (Å²) in [5.74, 6) is 0.933. The van der Waals surface area contributed by atoms with Crippen molar-refractivity contribution in [3.05, 3.63) is 22.2 Å². The molecule has 0 spiro atoms. The fourth-order valence-corrected chi connectivity index (χ4v) is 2.45. The second-order valence-electron chi connectivity index (χ2n) is 4.66. The molecule has 1 aromatic rings. The average Bonchev–Trinajstić information content (AvgIpc) is 2.23. The van der Waals surface area contributed by atoms with Crippen LogP contribution in [0.4, 0.5) is 5.69 Å². The number of nitrogens with one attached hydrogen (secondary N) is 1. The highest BCUT2D eigenvalue weighted by Gasteiger charge is 2.25. The van der Waals surface area contributed by atoms with Gasteiger partial charge in [-0.1, -0.05) is 0 Å². The molecular formula is C12H16BrNO. The van der Waals surface area contributed by atoms with E-state index in [2.05, 4.69) is 54.2 Å². The van der Waals surface area contributed by atoms with Crippen LogP contribution >= 0.6 is 15.9 Å². The van der Waals surface area contributed by atoms with Crippen LogP contribution in [-0.2, 0) is 0 Å². The Morgan fingerprint density at radius 1 is 1.40 bits per heavy atom. The van der Waals surface area contributed by atoms with E-state index in [1.807, 2.05) is 0 Å². The lowest BCUT2D eigenvalue weighted by Gasteiger charge is -2.24. The molecule has 0 bridgehead atoms. The highest BCUT2D eigenvalue weighted by Crippen LogP contribution is 2.39. The van der Waals surface area contributed by atoms with Crippen molar-refractivity contribution in [1.82, 2.24) is 0 Å². The Morgan fingerprint density at radius 3 is 2.87 bits per heavy atom. The third-order valence-corrected chi connectivity index (χ3v) is 3.20. The summed E-state index contributed by atoms with van der Waals surface area (Å²) in [6.07, 6.45) is 1.01. The smallest absolute Gasteiger partial charge is 0.157 e. The van der Waals surface area contributed by atoms with Crippen molar-refractivity contribution >= 4 is 21.6 Å². The highest BCUT2D eigenvalue weighted by molar-refractivity contribution is 9.10. The lowest BCUT2D eigenvalue weighted by Crippen LogP contribution is -2.28. The Kier molecular flexibility index (Phi) is 2.67. The molecule has 1 aromatic carbocycles. The van der Waals surface area contributed by atoms with Gasteiger partial charge in [0.25, 0.3) is 0 Å². The van der Waals surface area contributed by atoms with Gasteiger partial charge in [0.1, 0.15) is 5.60 Å². The van der Waals surface area contributed by atoms with Crippen LogP contribution in [0.3, 0.4) is 0 Å². The maximum Gasteiger partial charge on any atom is 0.157 e. The number of anilines is 1. The SMILES string of the molecule is Cc1cc(Br)c2c(c1)NCCC(C)(C)O2. The van der Waals surface area contributed by atoms with Crippen molar-refractivity contribution in [2.24, 2.45) is 0 Å². The molecule has 0 aromatic heterocycles. The first kappa shape index (κ1) is 10.8. The Labute approximate surface area is 99.1 Å². The second kappa shape index (κ2) is 3.71.